The largest absolute Gasteiger partial charge is 0.459 e. The Balaban J connectivity index is 2.32. The van der Waals surface area contributed by atoms with Crippen molar-refractivity contribution in [3.8, 4) is 0 Å². The third-order valence-electron chi connectivity index (χ3n) is 2.60. The second kappa shape index (κ2) is 4.52. The van der Waals surface area contributed by atoms with Gasteiger partial charge in [0.15, 0.2) is 0 Å². The Hall–Kier alpha value is -0.570. The Bertz CT molecular complexity index is 228. The summed E-state index contributed by atoms with van der Waals surface area (Å²) in [5, 5.41) is 3.29. The third-order valence-corrected chi connectivity index (χ3v) is 2.60. The van der Waals surface area contributed by atoms with E-state index >= 15 is 0 Å². The minimum absolute atomic E-state index is 0.157. The molecule has 88 valence electrons. The second-order valence-electron chi connectivity index (χ2n) is 5.55. The van der Waals surface area contributed by atoms with Gasteiger partial charge in [0.2, 0.25) is 0 Å². The second-order valence-corrected chi connectivity index (χ2v) is 5.55. The quantitative estimate of drug-likeness (QED) is 0.727. The molecule has 1 fully saturated rings. The van der Waals surface area contributed by atoms with Crippen LogP contribution in [0.2, 0.25) is 0 Å². The molecule has 1 aliphatic carbocycles. The van der Waals surface area contributed by atoms with E-state index in [9.17, 15) is 4.79 Å². The first kappa shape index (κ1) is 12.5. The summed E-state index contributed by atoms with van der Waals surface area (Å²) in [6.07, 6.45) is 2.57. The van der Waals surface area contributed by atoms with Crippen molar-refractivity contribution in [3.05, 3.63) is 0 Å². The first-order chi connectivity index (χ1) is 6.79. The van der Waals surface area contributed by atoms with Crippen LogP contribution in [0.1, 0.15) is 47.5 Å². The van der Waals surface area contributed by atoms with Gasteiger partial charge >= 0.3 is 5.97 Å². The minimum atomic E-state index is -0.393. The maximum Gasteiger partial charge on any atom is 0.323 e. The highest BCUT2D eigenvalue weighted by molar-refractivity contribution is 5.75. The van der Waals surface area contributed by atoms with Crippen molar-refractivity contribution in [2.45, 2.75) is 65.1 Å². The van der Waals surface area contributed by atoms with E-state index in [1.807, 2.05) is 27.7 Å². The fourth-order valence-electron chi connectivity index (χ4n) is 1.58. The fourth-order valence-corrected chi connectivity index (χ4v) is 1.58. The van der Waals surface area contributed by atoms with Crippen LogP contribution in [0, 0.1) is 5.92 Å². The Kier molecular flexibility index (Phi) is 3.77. The maximum absolute atomic E-state index is 11.7. The summed E-state index contributed by atoms with van der Waals surface area (Å²) in [6, 6.07) is 0.215. The van der Waals surface area contributed by atoms with E-state index in [4.69, 9.17) is 4.74 Å². The van der Waals surface area contributed by atoms with Crippen LogP contribution in [0.25, 0.3) is 0 Å². The number of esters is 1. The zero-order chi connectivity index (χ0) is 11.6. The van der Waals surface area contributed by atoms with Crippen LogP contribution in [0.15, 0.2) is 0 Å². The zero-order valence-corrected chi connectivity index (χ0v) is 10.5. The van der Waals surface area contributed by atoms with Crippen LogP contribution in [-0.2, 0) is 9.53 Å². The van der Waals surface area contributed by atoms with Gasteiger partial charge in [-0.2, -0.15) is 0 Å². The topological polar surface area (TPSA) is 38.3 Å². The number of carbonyl (C=O) groups excluding carboxylic acids is 1. The average Bonchev–Trinajstić information content (AvgIpc) is 2.82. The van der Waals surface area contributed by atoms with Crippen molar-refractivity contribution < 1.29 is 9.53 Å². The number of hydrogen-bond acceptors (Lipinski definition) is 3. The molecule has 3 heteroatoms. The summed E-state index contributed by atoms with van der Waals surface area (Å²) in [7, 11) is 0. The van der Waals surface area contributed by atoms with Crippen LogP contribution < -0.4 is 5.32 Å². The molecular weight excluding hydrogens is 190 g/mol. The van der Waals surface area contributed by atoms with Crippen LogP contribution in [0.4, 0.5) is 0 Å². The monoisotopic (exact) mass is 213 g/mol. The van der Waals surface area contributed by atoms with Crippen molar-refractivity contribution in [1.82, 2.24) is 5.32 Å². The van der Waals surface area contributed by atoms with Crippen molar-refractivity contribution in [3.63, 3.8) is 0 Å². The van der Waals surface area contributed by atoms with Gasteiger partial charge in [0, 0.05) is 6.04 Å². The van der Waals surface area contributed by atoms with Crippen molar-refractivity contribution in [2.24, 2.45) is 5.92 Å². The molecule has 0 heterocycles. The summed E-state index contributed by atoms with van der Waals surface area (Å²) in [5.74, 6) is 0.602. The predicted octanol–water partition coefficient (Wildman–Crippen LogP) is 2.10. The van der Waals surface area contributed by atoms with E-state index < -0.39 is 5.60 Å². The first-order valence-corrected chi connectivity index (χ1v) is 5.78. The van der Waals surface area contributed by atoms with E-state index in [1.165, 1.54) is 12.8 Å². The Morgan fingerprint density at radius 2 is 1.87 bits per heavy atom. The molecular formula is C12H23NO2. The van der Waals surface area contributed by atoms with Gasteiger partial charge in [-0.05, 0) is 53.4 Å². The Morgan fingerprint density at radius 3 is 2.27 bits per heavy atom. The molecule has 0 bridgehead atoms. The molecule has 0 spiro atoms. The highest BCUT2D eigenvalue weighted by Crippen LogP contribution is 2.32. The molecule has 0 amide bonds. The molecule has 0 radical (unpaired) electrons. The van der Waals surface area contributed by atoms with Gasteiger partial charge in [0.05, 0.1) is 0 Å². The molecule has 1 aliphatic rings. The molecule has 0 aliphatic heterocycles. The number of hydrogen-bond donors (Lipinski definition) is 1. The van der Waals surface area contributed by atoms with Crippen LogP contribution in [0.5, 0.6) is 0 Å². The van der Waals surface area contributed by atoms with Crippen molar-refractivity contribution in [1.29, 1.82) is 0 Å². The van der Waals surface area contributed by atoms with Gasteiger partial charge in [-0.15, -0.1) is 0 Å². The minimum Gasteiger partial charge on any atom is -0.459 e. The lowest BCUT2D eigenvalue weighted by atomic mass is 10.1. The van der Waals surface area contributed by atoms with E-state index in [1.54, 1.807) is 0 Å². The summed E-state index contributed by atoms with van der Waals surface area (Å²) in [4.78, 5) is 11.7. The SMILES string of the molecule is CC(N[C@@H](C)C(=O)OC(C)(C)C)C1CC1. The van der Waals surface area contributed by atoms with Crippen molar-refractivity contribution >= 4 is 5.97 Å². The van der Waals surface area contributed by atoms with Gasteiger partial charge in [-0.1, -0.05) is 0 Å². The van der Waals surface area contributed by atoms with Crippen LogP contribution in [0.3, 0.4) is 0 Å². The Morgan fingerprint density at radius 1 is 1.33 bits per heavy atom. The first-order valence-electron chi connectivity index (χ1n) is 5.78. The number of nitrogens with one attached hydrogen (secondary N) is 1. The molecule has 1 rings (SSSR count). The van der Waals surface area contributed by atoms with E-state index in [2.05, 4.69) is 12.2 Å². The molecule has 0 saturated heterocycles. The normalized spacial score (nSPS) is 20.9. The van der Waals surface area contributed by atoms with E-state index in [-0.39, 0.29) is 12.0 Å². The van der Waals surface area contributed by atoms with Gasteiger partial charge in [-0.3, -0.25) is 4.79 Å². The third kappa shape index (κ3) is 4.65. The molecule has 1 N–H and O–H groups in total. The molecule has 1 saturated carbocycles. The molecule has 0 aromatic heterocycles. The number of carbonyl (C=O) groups is 1. The maximum atomic E-state index is 11.7. The Labute approximate surface area is 92.6 Å². The van der Waals surface area contributed by atoms with Crippen LogP contribution >= 0.6 is 0 Å². The smallest absolute Gasteiger partial charge is 0.323 e. The summed E-state index contributed by atoms with van der Waals surface area (Å²) in [6.45, 7) is 9.68. The van der Waals surface area contributed by atoms with Crippen molar-refractivity contribution in [2.75, 3.05) is 0 Å². The van der Waals surface area contributed by atoms with Gasteiger partial charge in [-0.25, -0.2) is 0 Å². The van der Waals surface area contributed by atoms with Gasteiger partial charge < -0.3 is 10.1 Å². The van der Waals surface area contributed by atoms with E-state index in [0.717, 1.165) is 5.92 Å². The molecule has 2 atom stereocenters. The molecule has 0 aromatic carbocycles. The lowest BCUT2D eigenvalue weighted by molar-refractivity contribution is -0.157. The summed E-state index contributed by atoms with van der Waals surface area (Å²) in [5.41, 5.74) is -0.393. The highest BCUT2D eigenvalue weighted by atomic mass is 16.6. The molecule has 1 unspecified atom stereocenters. The average molecular weight is 213 g/mol. The molecule has 0 aromatic rings. The molecule has 15 heavy (non-hydrogen) atoms. The molecule has 3 nitrogen and oxygen atoms in total. The fraction of sp³-hybridized carbons (Fsp3) is 0.917. The lowest BCUT2D eigenvalue weighted by Gasteiger charge is -2.24. The van der Waals surface area contributed by atoms with Gasteiger partial charge in [0.25, 0.3) is 0 Å². The summed E-state index contributed by atoms with van der Waals surface area (Å²) < 4.78 is 5.30. The standard InChI is InChI=1S/C12H23NO2/c1-8(10-6-7-10)13-9(2)11(14)15-12(3,4)5/h8-10,13H,6-7H2,1-5H3/t8?,9-/m0/s1. The van der Waals surface area contributed by atoms with E-state index in [0.29, 0.717) is 6.04 Å². The van der Waals surface area contributed by atoms with Crippen LogP contribution in [-0.4, -0.2) is 23.7 Å². The predicted molar refractivity (Wildman–Crippen MR) is 60.6 cm³/mol. The lowest BCUT2D eigenvalue weighted by Crippen LogP contribution is -2.44. The number of ether oxygens (including phenoxy) is 1. The number of rotatable bonds is 4. The highest BCUT2D eigenvalue weighted by Gasteiger charge is 2.30. The van der Waals surface area contributed by atoms with Gasteiger partial charge in [0.1, 0.15) is 11.6 Å². The summed E-state index contributed by atoms with van der Waals surface area (Å²) >= 11 is 0. The zero-order valence-electron chi connectivity index (χ0n) is 10.5.